The Morgan fingerprint density at radius 3 is 2.74 bits per heavy atom. The highest BCUT2D eigenvalue weighted by molar-refractivity contribution is 9.11. The highest BCUT2D eigenvalue weighted by Crippen LogP contribution is 2.46. The van der Waals surface area contributed by atoms with Crippen LogP contribution in [0.5, 0.6) is 0 Å². The van der Waals surface area contributed by atoms with E-state index in [0.29, 0.717) is 11.5 Å². The molecule has 1 aromatic heterocycles. The van der Waals surface area contributed by atoms with Crippen LogP contribution in [-0.4, -0.2) is 25.6 Å². The molecule has 0 aliphatic heterocycles. The summed E-state index contributed by atoms with van der Waals surface area (Å²) < 4.78 is 1.23. The van der Waals surface area contributed by atoms with Gasteiger partial charge in [0.2, 0.25) is 0 Å². The Morgan fingerprint density at radius 2 is 2.26 bits per heavy atom. The first-order chi connectivity index (χ1) is 9.22. The molecule has 0 amide bonds. The number of nitrogens with zero attached hydrogens (tertiary/aromatic N) is 1. The van der Waals surface area contributed by atoms with Gasteiger partial charge in [-0.15, -0.1) is 11.3 Å². The summed E-state index contributed by atoms with van der Waals surface area (Å²) >= 11 is 5.45. The van der Waals surface area contributed by atoms with Crippen LogP contribution in [0.3, 0.4) is 0 Å². The lowest BCUT2D eigenvalue weighted by Crippen LogP contribution is -2.48. The summed E-state index contributed by atoms with van der Waals surface area (Å²) in [6.45, 7) is 0.992. The third-order valence-corrected chi connectivity index (χ3v) is 6.01. The van der Waals surface area contributed by atoms with Crippen molar-refractivity contribution in [3.63, 3.8) is 0 Å². The summed E-state index contributed by atoms with van der Waals surface area (Å²) in [4.78, 5) is 5.82. The zero-order valence-electron chi connectivity index (χ0n) is 11.2. The Morgan fingerprint density at radius 1 is 1.47 bits per heavy atom. The van der Waals surface area contributed by atoms with Crippen molar-refractivity contribution in [1.29, 1.82) is 0 Å². The van der Waals surface area contributed by atoms with E-state index in [-0.39, 0.29) is 0 Å². The maximum atomic E-state index is 4.32. The number of halogens is 1. The molecule has 2 N–H and O–H groups in total. The number of rotatable bonds is 4. The van der Waals surface area contributed by atoms with E-state index in [1.807, 2.05) is 18.4 Å². The van der Waals surface area contributed by atoms with E-state index < -0.39 is 0 Å². The third-order valence-electron chi connectivity index (χ3n) is 4.14. The first-order valence-electron chi connectivity index (χ1n) is 6.95. The fourth-order valence-corrected chi connectivity index (χ4v) is 4.21. The van der Waals surface area contributed by atoms with Crippen molar-refractivity contribution >= 4 is 33.2 Å². The number of hydrogen-bond donors (Lipinski definition) is 2. The standard InChI is InChI=1S/C14H20BrN3S/c1-16-13(18-10-3-4-10)17-9-14(7-2-8-14)11-5-6-12(15)19-11/h5-6,10H,2-4,7-9H2,1H3,(H2,16,17,18). The van der Waals surface area contributed by atoms with E-state index in [1.165, 1.54) is 40.8 Å². The molecule has 104 valence electrons. The van der Waals surface area contributed by atoms with Gasteiger partial charge in [0.05, 0.1) is 3.79 Å². The molecule has 5 heteroatoms. The van der Waals surface area contributed by atoms with E-state index >= 15 is 0 Å². The van der Waals surface area contributed by atoms with Gasteiger partial charge < -0.3 is 10.6 Å². The summed E-state index contributed by atoms with van der Waals surface area (Å²) in [5.41, 5.74) is 0.331. The number of nitrogens with one attached hydrogen (secondary N) is 2. The second-order valence-corrected chi connectivity index (χ2v) is 8.05. The van der Waals surface area contributed by atoms with Gasteiger partial charge in [0.1, 0.15) is 0 Å². The van der Waals surface area contributed by atoms with Gasteiger partial charge >= 0.3 is 0 Å². The Labute approximate surface area is 127 Å². The van der Waals surface area contributed by atoms with E-state index in [2.05, 4.69) is 43.7 Å². The second kappa shape index (κ2) is 5.44. The minimum atomic E-state index is 0.331. The number of guanidine groups is 1. The molecule has 2 fully saturated rings. The molecule has 0 aromatic carbocycles. The highest BCUT2D eigenvalue weighted by atomic mass is 79.9. The van der Waals surface area contributed by atoms with E-state index in [1.54, 1.807) is 0 Å². The van der Waals surface area contributed by atoms with Crippen LogP contribution in [0, 0.1) is 0 Å². The minimum Gasteiger partial charge on any atom is -0.355 e. The van der Waals surface area contributed by atoms with E-state index in [9.17, 15) is 0 Å². The van der Waals surface area contributed by atoms with Crippen molar-refractivity contribution in [2.24, 2.45) is 4.99 Å². The molecule has 0 spiro atoms. The molecule has 19 heavy (non-hydrogen) atoms. The summed E-state index contributed by atoms with van der Waals surface area (Å²) in [5.74, 6) is 0.962. The fraction of sp³-hybridized carbons (Fsp3) is 0.643. The molecule has 1 heterocycles. The van der Waals surface area contributed by atoms with Crippen LogP contribution < -0.4 is 10.6 Å². The third kappa shape index (κ3) is 2.97. The molecule has 0 radical (unpaired) electrons. The van der Waals surface area contributed by atoms with Crippen molar-refractivity contribution in [1.82, 2.24) is 10.6 Å². The SMILES string of the molecule is CN=C(NCC1(c2ccc(Br)s2)CCC1)NC1CC1. The number of thiophene rings is 1. The van der Waals surface area contributed by atoms with Gasteiger partial charge in [-0.2, -0.15) is 0 Å². The smallest absolute Gasteiger partial charge is 0.191 e. The van der Waals surface area contributed by atoms with Crippen molar-refractivity contribution in [2.75, 3.05) is 13.6 Å². The molecule has 3 nitrogen and oxygen atoms in total. The Bertz CT molecular complexity index is 475. The van der Waals surface area contributed by atoms with Crippen molar-refractivity contribution in [2.45, 2.75) is 43.6 Å². The second-order valence-electron chi connectivity index (χ2n) is 5.58. The van der Waals surface area contributed by atoms with Gasteiger partial charge in [-0.3, -0.25) is 4.99 Å². The normalized spacial score (nSPS) is 21.9. The predicted molar refractivity (Wildman–Crippen MR) is 85.1 cm³/mol. The van der Waals surface area contributed by atoms with Gasteiger partial charge in [0, 0.05) is 29.9 Å². The fourth-order valence-electron chi connectivity index (χ4n) is 2.58. The average Bonchev–Trinajstić information content (AvgIpc) is 3.07. The molecule has 2 aliphatic carbocycles. The maximum Gasteiger partial charge on any atom is 0.191 e. The molecule has 1 aromatic rings. The van der Waals surface area contributed by atoms with E-state index in [4.69, 9.17) is 0 Å². The zero-order valence-corrected chi connectivity index (χ0v) is 13.6. The van der Waals surface area contributed by atoms with Gasteiger partial charge in [-0.1, -0.05) is 6.42 Å². The molecular weight excluding hydrogens is 322 g/mol. The number of hydrogen-bond acceptors (Lipinski definition) is 2. The van der Waals surface area contributed by atoms with Crippen LogP contribution in [0.25, 0.3) is 0 Å². The van der Waals surface area contributed by atoms with Crippen molar-refractivity contribution in [3.8, 4) is 0 Å². The van der Waals surface area contributed by atoms with Gasteiger partial charge in [0.15, 0.2) is 5.96 Å². The van der Waals surface area contributed by atoms with Crippen LogP contribution in [0.1, 0.15) is 37.0 Å². The summed E-state index contributed by atoms with van der Waals surface area (Å²) in [5, 5.41) is 6.97. The first kappa shape index (κ1) is 13.4. The van der Waals surface area contributed by atoms with Crippen LogP contribution in [0.4, 0.5) is 0 Å². The number of aliphatic imine (C=N–C) groups is 1. The highest BCUT2D eigenvalue weighted by Gasteiger charge is 2.40. The predicted octanol–water partition coefficient (Wildman–Crippen LogP) is 3.26. The first-order valence-corrected chi connectivity index (χ1v) is 8.56. The molecule has 2 saturated carbocycles. The molecule has 0 bridgehead atoms. The van der Waals surface area contributed by atoms with Crippen LogP contribution in [0.2, 0.25) is 0 Å². The molecule has 0 saturated heterocycles. The topological polar surface area (TPSA) is 36.4 Å². The Kier molecular flexibility index (Phi) is 3.85. The van der Waals surface area contributed by atoms with Gasteiger partial charge in [-0.05, 0) is 53.7 Å². The van der Waals surface area contributed by atoms with Crippen molar-refractivity contribution < 1.29 is 0 Å². The molecule has 3 rings (SSSR count). The van der Waals surface area contributed by atoms with Crippen LogP contribution >= 0.6 is 27.3 Å². The maximum absolute atomic E-state index is 4.32. The molecular formula is C14H20BrN3S. The summed E-state index contributed by atoms with van der Waals surface area (Å²) in [7, 11) is 1.85. The Hall–Kier alpha value is -0.550. The van der Waals surface area contributed by atoms with Crippen LogP contribution in [0.15, 0.2) is 20.9 Å². The molecule has 0 unspecified atom stereocenters. The Balaban J connectivity index is 1.63. The summed E-state index contributed by atoms with van der Waals surface area (Å²) in [6, 6.07) is 5.09. The zero-order chi connectivity index (χ0) is 13.3. The van der Waals surface area contributed by atoms with Gasteiger partial charge in [-0.25, -0.2) is 0 Å². The average molecular weight is 342 g/mol. The van der Waals surface area contributed by atoms with Crippen LogP contribution in [-0.2, 0) is 5.41 Å². The largest absolute Gasteiger partial charge is 0.355 e. The summed E-state index contributed by atoms with van der Waals surface area (Å²) in [6.07, 6.45) is 6.47. The minimum absolute atomic E-state index is 0.331. The monoisotopic (exact) mass is 341 g/mol. The lowest BCUT2D eigenvalue weighted by molar-refractivity contribution is 0.249. The lowest BCUT2D eigenvalue weighted by Gasteiger charge is -2.41. The quantitative estimate of drug-likeness (QED) is 0.651. The molecule has 0 atom stereocenters. The van der Waals surface area contributed by atoms with Crippen molar-refractivity contribution in [3.05, 3.63) is 20.8 Å². The molecule has 2 aliphatic rings. The van der Waals surface area contributed by atoms with E-state index in [0.717, 1.165) is 12.5 Å². The lowest BCUT2D eigenvalue weighted by atomic mass is 9.68. The van der Waals surface area contributed by atoms with Gasteiger partial charge in [0.25, 0.3) is 0 Å².